The molecule has 0 aliphatic carbocycles. The fourth-order valence-corrected chi connectivity index (χ4v) is 2.02. The minimum Gasteiger partial charge on any atom is -0.480 e. The van der Waals surface area contributed by atoms with Gasteiger partial charge in [0.05, 0.1) is 6.54 Å². The van der Waals surface area contributed by atoms with Gasteiger partial charge in [-0.3, -0.25) is 9.59 Å². The smallest absolute Gasteiger partial charge is 0.327 e. The molecule has 0 heterocycles. The van der Waals surface area contributed by atoms with E-state index in [1.807, 2.05) is 30.3 Å². The van der Waals surface area contributed by atoms with Crippen molar-refractivity contribution in [3.05, 3.63) is 35.9 Å². The highest BCUT2D eigenvalue weighted by atomic mass is 32.1. The maximum absolute atomic E-state index is 12.2. The lowest BCUT2D eigenvalue weighted by Crippen LogP contribution is -2.53. The van der Waals surface area contributed by atoms with Crippen molar-refractivity contribution < 1.29 is 19.5 Å². The van der Waals surface area contributed by atoms with E-state index in [0.717, 1.165) is 5.56 Å². The monoisotopic (exact) mass is 325 g/mol. The molecule has 0 aliphatic rings. The molecule has 0 bridgehead atoms. The molecule has 0 saturated carbocycles. The van der Waals surface area contributed by atoms with Crippen molar-refractivity contribution in [3.63, 3.8) is 0 Å². The van der Waals surface area contributed by atoms with Gasteiger partial charge < -0.3 is 21.5 Å². The minimum atomic E-state index is -1.19. The first kappa shape index (κ1) is 18.0. The van der Waals surface area contributed by atoms with E-state index < -0.39 is 29.9 Å². The van der Waals surface area contributed by atoms with E-state index in [0.29, 0.717) is 0 Å². The molecule has 0 radical (unpaired) electrons. The highest BCUT2D eigenvalue weighted by molar-refractivity contribution is 7.80. The Hall–Kier alpha value is -2.06. The van der Waals surface area contributed by atoms with Gasteiger partial charge in [0, 0.05) is 12.2 Å². The van der Waals surface area contributed by atoms with Gasteiger partial charge in [0.15, 0.2) is 0 Å². The number of nitrogens with two attached hydrogens (primary N) is 1. The maximum Gasteiger partial charge on any atom is 0.327 e. The van der Waals surface area contributed by atoms with Gasteiger partial charge in [-0.1, -0.05) is 30.3 Å². The number of carboxylic acids is 1. The molecule has 0 saturated heterocycles. The third kappa shape index (κ3) is 5.74. The van der Waals surface area contributed by atoms with Crippen molar-refractivity contribution in [1.29, 1.82) is 0 Å². The summed E-state index contributed by atoms with van der Waals surface area (Å²) < 4.78 is 0. The Bertz CT molecular complexity index is 524. The summed E-state index contributed by atoms with van der Waals surface area (Å²) in [5.41, 5.74) is 6.07. The molecule has 1 rings (SSSR count). The first-order valence-corrected chi connectivity index (χ1v) is 7.28. The third-order valence-electron chi connectivity index (χ3n) is 2.92. The molecule has 0 unspecified atom stereocenters. The van der Waals surface area contributed by atoms with Crippen molar-refractivity contribution in [2.45, 2.75) is 18.5 Å². The lowest BCUT2D eigenvalue weighted by molar-refractivity contribution is -0.141. The number of rotatable bonds is 8. The van der Waals surface area contributed by atoms with Crippen molar-refractivity contribution >= 4 is 30.4 Å². The van der Waals surface area contributed by atoms with Gasteiger partial charge in [0.2, 0.25) is 11.8 Å². The molecular formula is C14H19N3O4S. The fourth-order valence-electron chi connectivity index (χ4n) is 1.77. The second kappa shape index (κ2) is 9.06. The largest absolute Gasteiger partial charge is 0.480 e. The van der Waals surface area contributed by atoms with E-state index >= 15 is 0 Å². The summed E-state index contributed by atoms with van der Waals surface area (Å²) >= 11 is 3.88. The molecule has 1 aromatic rings. The number of thiol groups is 1. The van der Waals surface area contributed by atoms with Crippen LogP contribution in [0.1, 0.15) is 5.56 Å². The van der Waals surface area contributed by atoms with Gasteiger partial charge in [-0.2, -0.15) is 12.6 Å². The van der Waals surface area contributed by atoms with Crippen LogP contribution in [-0.4, -0.2) is 47.3 Å². The maximum atomic E-state index is 12.2. The molecule has 0 aliphatic heterocycles. The van der Waals surface area contributed by atoms with E-state index in [4.69, 9.17) is 10.8 Å². The van der Waals surface area contributed by atoms with Crippen LogP contribution in [0.2, 0.25) is 0 Å². The number of carbonyl (C=O) groups is 3. The van der Waals surface area contributed by atoms with Crippen LogP contribution < -0.4 is 16.4 Å². The van der Waals surface area contributed by atoms with E-state index in [-0.39, 0.29) is 18.7 Å². The van der Waals surface area contributed by atoms with Crippen LogP contribution in [0.4, 0.5) is 0 Å². The van der Waals surface area contributed by atoms with Crippen LogP contribution in [-0.2, 0) is 20.8 Å². The molecule has 5 N–H and O–H groups in total. The number of aliphatic carboxylic acids is 1. The summed E-state index contributed by atoms with van der Waals surface area (Å²) in [6.45, 7) is -0.256. The number of nitrogens with one attached hydrogen (secondary N) is 2. The standard InChI is InChI=1S/C14H19N3O4S/c15-7-12(18)16-10(6-9-4-2-1-3-5-9)13(19)17-11(8-22)14(20)21/h1-5,10-11,22H,6-8,15H2,(H,16,18)(H,17,19)(H,20,21)/t10-,11-/m0/s1. The summed E-state index contributed by atoms with van der Waals surface area (Å²) in [6, 6.07) is 7.04. The SMILES string of the molecule is NCC(=O)N[C@@H](Cc1ccccc1)C(=O)N[C@@H](CS)C(=O)O. The molecule has 0 aromatic heterocycles. The number of benzene rings is 1. The van der Waals surface area contributed by atoms with Crippen LogP contribution in [0, 0.1) is 0 Å². The second-order valence-corrected chi connectivity index (χ2v) is 4.96. The van der Waals surface area contributed by atoms with Gasteiger partial charge in [-0.25, -0.2) is 4.79 Å². The zero-order valence-corrected chi connectivity index (χ0v) is 12.8. The molecule has 0 spiro atoms. The molecular weight excluding hydrogens is 306 g/mol. The number of amides is 2. The summed E-state index contributed by atoms with van der Waals surface area (Å²) in [4.78, 5) is 34.6. The Morgan fingerprint density at radius 1 is 1.14 bits per heavy atom. The van der Waals surface area contributed by atoms with Gasteiger partial charge >= 0.3 is 5.97 Å². The Morgan fingerprint density at radius 3 is 2.27 bits per heavy atom. The van der Waals surface area contributed by atoms with E-state index in [1.165, 1.54) is 0 Å². The second-order valence-electron chi connectivity index (χ2n) is 4.60. The lowest BCUT2D eigenvalue weighted by atomic mass is 10.0. The van der Waals surface area contributed by atoms with E-state index in [9.17, 15) is 14.4 Å². The molecule has 8 heteroatoms. The molecule has 0 fully saturated rings. The Kier molecular flexibility index (Phi) is 7.41. The van der Waals surface area contributed by atoms with Crippen LogP contribution >= 0.6 is 12.6 Å². The van der Waals surface area contributed by atoms with E-state index in [2.05, 4.69) is 23.3 Å². The predicted molar refractivity (Wildman–Crippen MR) is 84.6 cm³/mol. The number of carbonyl (C=O) groups excluding carboxylic acids is 2. The van der Waals surface area contributed by atoms with Crippen LogP contribution in [0.15, 0.2) is 30.3 Å². The third-order valence-corrected chi connectivity index (χ3v) is 3.28. The summed E-state index contributed by atoms with van der Waals surface area (Å²) in [7, 11) is 0. The molecule has 1 aromatic carbocycles. The number of hydrogen-bond acceptors (Lipinski definition) is 5. The van der Waals surface area contributed by atoms with Gasteiger partial charge in [0.1, 0.15) is 12.1 Å². The van der Waals surface area contributed by atoms with Gasteiger partial charge in [0.25, 0.3) is 0 Å². The summed E-state index contributed by atoms with van der Waals surface area (Å²) in [5.74, 6) is -2.32. The first-order valence-electron chi connectivity index (χ1n) is 6.65. The lowest BCUT2D eigenvalue weighted by Gasteiger charge is -2.20. The van der Waals surface area contributed by atoms with Crippen molar-refractivity contribution in [2.24, 2.45) is 5.73 Å². The van der Waals surface area contributed by atoms with E-state index in [1.54, 1.807) is 0 Å². The first-order chi connectivity index (χ1) is 10.5. The fraction of sp³-hybridized carbons (Fsp3) is 0.357. The zero-order valence-electron chi connectivity index (χ0n) is 11.9. The Morgan fingerprint density at radius 2 is 1.77 bits per heavy atom. The molecule has 2 amide bonds. The van der Waals surface area contributed by atoms with Crippen molar-refractivity contribution in [3.8, 4) is 0 Å². The summed E-state index contributed by atoms with van der Waals surface area (Å²) in [5, 5.41) is 13.8. The molecule has 7 nitrogen and oxygen atoms in total. The average Bonchev–Trinajstić information content (AvgIpc) is 2.52. The van der Waals surface area contributed by atoms with Crippen molar-refractivity contribution in [1.82, 2.24) is 10.6 Å². The normalized spacial score (nSPS) is 13.0. The molecule has 22 heavy (non-hydrogen) atoms. The van der Waals surface area contributed by atoms with Gasteiger partial charge in [-0.05, 0) is 5.56 Å². The average molecular weight is 325 g/mol. The minimum absolute atomic E-state index is 0.0516. The number of hydrogen-bond donors (Lipinski definition) is 5. The predicted octanol–water partition coefficient (Wildman–Crippen LogP) is -0.828. The quantitative estimate of drug-likeness (QED) is 0.400. The highest BCUT2D eigenvalue weighted by Crippen LogP contribution is 2.04. The van der Waals surface area contributed by atoms with Crippen LogP contribution in [0.25, 0.3) is 0 Å². The Balaban J connectivity index is 2.82. The number of carboxylic acid groups (broad SMARTS) is 1. The van der Waals surface area contributed by atoms with Crippen molar-refractivity contribution in [2.75, 3.05) is 12.3 Å². The molecule has 120 valence electrons. The zero-order chi connectivity index (χ0) is 16.5. The van der Waals surface area contributed by atoms with Gasteiger partial charge in [-0.15, -0.1) is 0 Å². The topological polar surface area (TPSA) is 122 Å². The molecule has 2 atom stereocenters. The highest BCUT2D eigenvalue weighted by Gasteiger charge is 2.25. The van der Waals surface area contributed by atoms with Crippen LogP contribution in [0.3, 0.4) is 0 Å². The van der Waals surface area contributed by atoms with Crippen LogP contribution in [0.5, 0.6) is 0 Å². The summed E-state index contributed by atoms with van der Waals surface area (Å²) in [6.07, 6.45) is 0.233. The Labute approximate surface area is 133 Å².